The van der Waals surface area contributed by atoms with E-state index in [1.54, 1.807) is 12.1 Å². The number of nitrogens with zero attached hydrogens (tertiary/aromatic N) is 1. The minimum atomic E-state index is -0.0442. The number of carbonyl (C=O) groups is 1. The molecule has 0 bridgehead atoms. The molecule has 3 rings (SSSR count). The Morgan fingerprint density at radius 2 is 1.75 bits per heavy atom. The third kappa shape index (κ3) is 4.36. The van der Waals surface area contributed by atoms with E-state index in [0.29, 0.717) is 24.2 Å². The second kappa shape index (κ2) is 7.49. The molecule has 0 heterocycles. The summed E-state index contributed by atoms with van der Waals surface area (Å²) < 4.78 is 5.74. The number of rotatable bonds is 7. The van der Waals surface area contributed by atoms with Crippen LogP contribution in [-0.2, 0) is 0 Å². The van der Waals surface area contributed by atoms with Crippen molar-refractivity contribution in [3.8, 4) is 11.5 Å². The van der Waals surface area contributed by atoms with Gasteiger partial charge in [-0.3, -0.25) is 9.69 Å². The molecule has 1 aliphatic carbocycles. The Morgan fingerprint density at radius 3 is 2.38 bits per heavy atom. The number of carbonyl (C=O) groups excluding carboxylic acids is 1. The fraction of sp³-hybridized carbons (Fsp3) is 0.350. The maximum absolute atomic E-state index is 12.3. The third-order valence-corrected chi connectivity index (χ3v) is 4.47. The first kappa shape index (κ1) is 16.5. The molecule has 0 aliphatic heterocycles. The van der Waals surface area contributed by atoms with E-state index in [9.17, 15) is 4.79 Å². The van der Waals surface area contributed by atoms with Crippen molar-refractivity contribution in [3.05, 3.63) is 60.2 Å². The number of ether oxygens (including phenoxy) is 1. The second-order valence-corrected chi connectivity index (χ2v) is 6.40. The van der Waals surface area contributed by atoms with Gasteiger partial charge in [-0.2, -0.15) is 0 Å². The number of para-hydroxylation sites is 1. The van der Waals surface area contributed by atoms with E-state index < -0.39 is 0 Å². The summed E-state index contributed by atoms with van der Waals surface area (Å²) in [4.78, 5) is 14.6. The lowest BCUT2D eigenvalue weighted by Gasteiger charge is -2.24. The molecule has 2 aromatic carbocycles. The summed E-state index contributed by atoms with van der Waals surface area (Å²) in [7, 11) is 2.13. The zero-order valence-electron chi connectivity index (χ0n) is 14.2. The van der Waals surface area contributed by atoms with Crippen LogP contribution in [0.3, 0.4) is 0 Å². The smallest absolute Gasteiger partial charge is 0.251 e. The van der Waals surface area contributed by atoms with E-state index >= 15 is 0 Å². The predicted molar refractivity (Wildman–Crippen MR) is 95.5 cm³/mol. The van der Waals surface area contributed by atoms with Crippen molar-refractivity contribution >= 4 is 5.91 Å². The van der Waals surface area contributed by atoms with Crippen molar-refractivity contribution in [2.45, 2.75) is 31.8 Å². The van der Waals surface area contributed by atoms with Crippen molar-refractivity contribution in [2.75, 3.05) is 13.6 Å². The average molecular weight is 324 g/mol. The van der Waals surface area contributed by atoms with Gasteiger partial charge in [-0.15, -0.1) is 0 Å². The van der Waals surface area contributed by atoms with Crippen LogP contribution in [0.15, 0.2) is 54.6 Å². The molecule has 0 radical (unpaired) electrons. The SMILES string of the molecule is CC(CNC(=O)c1ccc(Oc2ccccc2)cc1)N(C)C1CC1. The molecule has 1 unspecified atom stereocenters. The highest BCUT2D eigenvalue weighted by atomic mass is 16.5. The van der Waals surface area contributed by atoms with Crippen molar-refractivity contribution in [1.29, 1.82) is 0 Å². The second-order valence-electron chi connectivity index (χ2n) is 6.40. The Balaban J connectivity index is 1.51. The Morgan fingerprint density at radius 1 is 1.12 bits per heavy atom. The first-order chi connectivity index (χ1) is 11.6. The van der Waals surface area contributed by atoms with E-state index in [1.165, 1.54) is 12.8 Å². The largest absolute Gasteiger partial charge is 0.457 e. The highest BCUT2D eigenvalue weighted by Crippen LogP contribution is 2.26. The molecule has 1 amide bonds. The van der Waals surface area contributed by atoms with Gasteiger partial charge in [-0.25, -0.2) is 0 Å². The summed E-state index contributed by atoms with van der Waals surface area (Å²) in [5.74, 6) is 1.46. The van der Waals surface area contributed by atoms with Crippen molar-refractivity contribution in [3.63, 3.8) is 0 Å². The number of benzene rings is 2. The van der Waals surface area contributed by atoms with E-state index in [-0.39, 0.29) is 5.91 Å². The standard InChI is InChI=1S/C20H24N2O2/c1-15(22(2)17-10-11-17)14-21-20(23)16-8-12-19(13-9-16)24-18-6-4-3-5-7-18/h3-9,12-13,15,17H,10-11,14H2,1-2H3,(H,21,23). The van der Waals surface area contributed by atoms with Crippen LogP contribution in [0, 0.1) is 0 Å². The molecule has 1 N–H and O–H groups in total. The number of likely N-dealkylation sites (N-methyl/N-ethyl adjacent to an activating group) is 1. The number of hydrogen-bond donors (Lipinski definition) is 1. The molecule has 4 nitrogen and oxygen atoms in total. The first-order valence-electron chi connectivity index (χ1n) is 8.46. The highest BCUT2D eigenvalue weighted by molar-refractivity contribution is 5.94. The summed E-state index contributed by atoms with van der Waals surface area (Å²) in [6, 6.07) is 17.9. The molecule has 0 spiro atoms. The Bertz CT molecular complexity index is 666. The van der Waals surface area contributed by atoms with Crippen LogP contribution >= 0.6 is 0 Å². The van der Waals surface area contributed by atoms with Crippen LogP contribution in [-0.4, -0.2) is 36.5 Å². The van der Waals surface area contributed by atoms with Gasteiger partial charge < -0.3 is 10.1 Å². The van der Waals surface area contributed by atoms with Crippen molar-refractivity contribution < 1.29 is 9.53 Å². The number of hydrogen-bond acceptors (Lipinski definition) is 3. The van der Waals surface area contributed by atoms with Crippen LogP contribution < -0.4 is 10.1 Å². The molecule has 1 aliphatic rings. The molecule has 24 heavy (non-hydrogen) atoms. The lowest BCUT2D eigenvalue weighted by molar-refractivity contribution is 0.0939. The van der Waals surface area contributed by atoms with Gasteiger partial charge >= 0.3 is 0 Å². The van der Waals surface area contributed by atoms with Gasteiger partial charge in [0.05, 0.1) is 0 Å². The van der Waals surface area contributed by atoms with Crippen molar-refractivity contribution in [1.82, 2.24) is 10.2 Å². The van der Waals surface area contributed by atoms with E-state index in [0.717, 1.165) is 11.5 Å². The zero-order valence-corrected chi connectivity index (χ0v) is 14.2. The molecule has 1 saturated carbocycles. The Labute approximate surface area is 143 Å². The molecule has 126 valence electrons. The topological polar surface area (TPSA) is 41.6 Å². The lowest BCUT2D eigenvalue weighted by Crippen LogP contribution is -2.41. The number of nitrogens with one attached hydrogen (secondary N) is 1. The van der Waals surface area contributed by atoms with E-state index in [2.05, 4.69) is 24.2 Å². The quantitative estimate of drug-likeness (QED) is 0.844. The first-order valence-corrected chi connectivity index (χ1v) is 8.46. The molecule has 1 fully saturated rings. The summed E-state index contributed by atoms with van der Waals surface area (Å²) in [5.41, 5.74) is 0.650. The Kier molecular flexibility index (Phi) is 5.16. The van der Waals surface area contributed by atoms with Gasteiger partial charge in [0.1, 0.15) is 11.5 Å². The summed E-state index contributed by atoms with van der Waals surface area (Å²) >= 11 is 0. The Hall–Kier alpha value is -2.33. The van der Waals surface area contributed by atoms with Crippen molar-refractivity contribution in [2.24, 2.45) is 0 Å². The highest BCUT2D eigenvalue weighted by Gasteiger charge is 2.29. The van der Waals surface area contributed by atoms with Gasteiger partial charge in [0.25, 0.3) is 5.91 Å². The molecular formula is C20H24N2O2. The maximum atomic E-state index is 12.3. The average Bonchev–Trinajstić information content (AvgIpc) is 3.45. The fourth-order valence-corrected chi connectivity index (χ4v) is 2.63. The zero-order chi connectivity index (χ0) is 16.9. The fourth-order valence-electron chi connectivity index (χ4n) is 2.63. The molecule has 2 aromatic rings. The summed E-state index contributed by atoms with van der Waals surface area (Å²) in [6.45, 7) is 2.81. The van der Waals surface area contributed by atoms with Gasteiger partial charge in [0.2, 0.25) is 0 Å². The maximum Gasteiger partial charge on any atom is 0.251 e. The van der Waals surface area contributed by atoms with Crippen LogP contribution in [0.1, 0.15) is 30.1 Å². The third-order valence-electron chi connectivity index (χ3n) is 4.47. The van der Waals surface area contributed by atoms with Gasteiger partial charge in [0, 0.05) is 24.2 Å². The van der Waals surface area contributed by atoms with Crippen LogP contribution in [0.25, 0.3) is 0 Å². The minimum Gasteiger partial charge on any atom is -0.457 e. The molecule has 0 saturated heterocycles. The van der Waals surface area contributed by atoms with Gasteiger partial charge in [0.15, 0.2) is 0 Å². The van der Waals surface area contributed by atoms with Crippen LogP contribution in [0.4, 0.5) is 0 Å². The normalized spacial score (nSPS) is 15.1. The summed E-state index contributed by atoms with van der Waals surface area (Å²) in [5, 5.41) is 3.01. The van der Waals surface area contributed by atoms with E-state index in [4.69, 9.17) is 4.74 Å². The number of amides is 1. The minimum absolute atomic E-state index is 0.0442. The molecule has 4 heteroatoms. The monoisotopic (exact) mass is 324 g/mol. The molecule has 1 atom stereocenters. The molecule has 0 aromatic heterocycles. The summed E-state index contributed by atoms with van der Waals surface area (Å²) in [6.07, 6.45) is 2.55. The van der Waals surface area contributed by atoms with Crippen LogP contribution in [0.2, 0.25) is 0 Å². The van der Waals surface area contributed by atoms with Crippen LogP contribution in [0.5, 0.6) is 11.5 Å². The molecular weight excluding hydrogens is 300 g/mol. The predicted octanol–water partition coefficient (Wildman–Crippen LogP) is 3.69. The lowest BCUT2D eigenvalue weighted by atomic mass is 10.2. The van der Waals surface area contributed by atoms with E-state index in [1.807, 2.05) is 42.5 Å². The van der Waals surface area contributed by atoms with Gasteiger partial charge in [-0.1, -0.05) is 18.2 Å². The van der Waals surface area contributed by atoms with Gasteiger partial charge in [-0.05, 0) is 63.2 Å².